The Hall–Kier alpha value is -2.30. The third-order valence-corrected chi connectivity index (χ3v) is 5.10. The molecule has 2 aromatic rings. The van der Waals surface area contributed by atoms with Crippen molar-refractivity contribution in [2.75, 3.05) is 11.9 Å². The molecule has 0 radical (unpaired) electrons. The van der Waals surface area contributed by atoms with Crippen LogP contribution in [0.3, 0.4) is 0 Å². The van der Waals surface area contributed by atoms with Crippen LogP contribution >= 0.6 is 0 Å². The minimum atomic E-state index is -0.152. The first-order valence-electron chi connectivity index (χ1n) is 7.79. The van der Waals surface area contributed by atoms with Crippen molar-refractivity contribution in [3.05, 3.63) is 47.8 Å². The Kier molecular flexibility index (Phi) is 2.96. The van der Waals surface area contributed by atoms with Crippen molar-refractivity contribution in [1.82, 2.24) is 15.1 Å². The summed E-state index contributed by atoms with van der Waals surface area (Å²) in [5.41, 5.74) is 4.05. The Bertz CT molecular complexity index is 723. The van der Waals surface area contributed by atoms with Gasteiger partial charge in [0.05, 0.1) is 11.9 Å². The van der Waals surface area contributed by atoms with Crippen molar-refractivity contribution in [3.63, 3.8) is 0 Å². The molecule has 0 unspecified atom stereocenters. The number of rotatable bonds is 3. The van der Waals surface area contributed by atoms with E-state index in [0.29, 0.717) is 11.3 Å². The largest absolute Gasteiger partial charge is 0.338 e. The average molecular weight is 296 g/mol. The number of carbonyl (C=O) groups is 1. The van der Waals surface area contributed by atoms with Crippen LogP contribution in [0.2, 0.25) is 0 Å². The topological polar surface area (TPSA) is 59.0 Å². The Morgan fingerprint density at radius 3 is 3.14 bits per heavy atom. The SMILES string of the molecule is Cn1cc(NC(=O)NC[C@@H]2C[C@]23CCc2ccccc23)cn1. The molecule has 2 aliphatic carbocycles. The molecule has 1 fully saturated rings. The lowest BCUT2D eigenvalue weighted by molar-refractivity contribution is 0.251. The van der Waals surface area contributed by atoms with Crippen molar-refractivity contribution in [2.45, 2.75) is 24.7 Å². The number of hydrogen-bond donors (Lipinski definition) is 2. The smallest absolute Gasteiger partial charge is 0.319 e. The molecule has 4 rings (SSSR count). The summed E-state index contributed by atoms with van der Waals surface area (Å²) in [6.45, 7) is 0.737. The maximum absolute atomic E-state index is 11.9. The van der Waals surface area contributed by atoms with E-state index in [-0.39, 0.29) is 6.03 Å². The number of nitrogens with one attached hydrogen (secondary N) is 2. The van der Waals surface area contributed by atoms with E-state index >= 15 is 0 Å². The lowest BCUT2D eigenvalue weighted by Crippen LogP contribution is -2.31. The van der Waals surface area contributed by atoms with Gasteiger partial charge in [-0.3, -0.25) is 4.68 Å². The predicted octanol–water partition coefficient (Wildman–Crippen LogP) is 2.45. The highest BCUT2D eigenvalue weighted by Gasteiger charge is 2.57. The minimum absolute atomic E-state index is 0.152. The maximum Gasteiger partial charge on any atom is 0.319 e. The first kappa shape index (κ1) is 13.4. The third kappa shape index (κ3) is 2.17. The van der Waals surface area contributed by atoms with Crippen molar-refractivity contribution >= 4 is 11.7 Å². The van der Waals surface area contributed by atoms with Crippen LogP contribution in [0.25, 0.3) is 0 Å². The summed E-state index contributed by atoms with van der Waals surface area (Å²) < 4.78 is 1.67. The first-order chi connectivity index (χ1) is 10.7. The van der Waals surface area contributed by atoms with E-state index in [1.165, 1.54) is 30.4 Å². The fourth-order valence-corrected chi connectivity index (χ4v) is 3.88. The summed E-state index contributed by atoms with van der Waals surface area (Å²) >= 11 is 0. The van der Waals surface area contributed by atoms with Crippen LogP contribution in [0.1, 0.15) is 24.0 Å². The maximum atomic E-state index is 11.9. The van der Waals surface area contributed by atoms with Crippen LogP contribution in [0.15, 0.2) is 36.7 Å². The zero-order valence-electron chi connectivity index (χ0n) is 12.7. The number of fused-ring (bicyclic) bond motifs is 2. The monoisotopic (exact) mass is 296 g/mol. The lowest BCUT2D eigenvalue weighted by atomic mass is 9.95. The fourth-order valence-electron chi connectivity index (χ4n) is 3.88. The number of amides is 2. The van der Waals surface area contributed by atoms with E-state index in [0.717, 1.165) is 12.2 Å². The van der Waals surface area contributed by atoms with Gasteiger partial charge in [0.15, 0.2) is 0 Å². The van der Waals surface area contributed by atoms with Crippen LogP contribution in [0.4, 0.5) is 10.5 Å². The van der Waals surface area contributed by atoms with Gasteiger partial charge in [-0.1, -0.05) is 24.3 Å². The van der Waals surface area contributed by atoms with Gasteiger partial charge in [-0.15, -0.1) is 0 Å². The van der Waals surface area contributed by atoms with Crippen LogP contribution in [0, 0.1) is 5.92 Å². The van der Waals surface area contributed by atoms with Crippen molar-refractivity contribution < 1.29 is 4.79 Å². The van der Waals surface area contributed by atoms with Crippen LogP contribution in [-0.2, 0) is 18.9 Å². The molecule has 114 valence electrons. The van der Waals surface area contributed by atoms with Gasteiger partial charge >= 0.3 is 6.03 Å². The number of carbonyl (C=O) groups excluding carboxylic acids is 1. The molecule has 2 N–H and O–H groups in total. The number of benzene rings is 1. The van der Waals surface area contributed by atoms with E-state index in [2.05, 4.69) is 40.0 Å². The van der Waals surface area contributed by atoms with Gasteiger partial charge in [0.25, 0.3) is 0 Å². The van der Waals surface area contributed by atoms with Gasteiger partial charge in [-0.2, -0.15) is 5.10 Å². The quantitative estimate of drug-likeness (QED) is 0.914. The number of aryl methyl sites for hydroxylation is 2. The zero-order chi connectivity index (χ0) is 15.2. The number of aromatic nitrogens is 2. The Balaban J connectivity index is 1.34. The normalized spacial score (nSPS) is 25.0. The summed E-state index contributed by atoms with van der Waals surface area (Å²) in [5, 5.41) is 9.84. The molecule has 2 amide bonds. The molecule has 1 aromatic heterocycles. The highest BCUT2D eigenvalue weighted by molar-refractivity contribution is 5.88. The molecular weight excluding hydrogens is 276 g/mol. The van der Waals surface area contributed by atoms with Crippen molar-refractivity contribution in [1.29, 1.82) is 0 Å². The molecule has 1 saturated carbocycles. The summed E-state index contributed by atoms with van der Waals surface area (Å²) in [6, 6.07) is 8.60. The van der Waals surface area contributed by atoms with E-state index in [1.807, 2.05) is 7.05 Å². The van der Waals surface area contributed by atoms with E-state index < -0.39 is 0 Å². The van der Waals surface area contributed by atoms with Crippen molar-refractivity contribution in [2.24, 2.45) is 13.0 Å². The summed E-state index contributed by atoms with van der Waals surface area (Å²) in [6.07, 6.45) is 7.02. The number of hydrogen-bond acceptors (Lipinski definition) is 2. The lowest BCUT2D eigenvalue weighted by Gasteiger charge is -2.12. The molecule has 22 heavy (non-hydrogen) atoms. The second-order valence-electron chi connectivity index (χ2n) is 6.45. The average Bonchev–Trinajstić information content (AvgIpc) is 2.87. The van der Waals surface area contributed by atoms with Gasteiger partial charge < -0.3 is 10.6 Å². The first-order valence-corrected chi connectivity index (χ1v) is 7.79. The van der Waals surface area contributed by atoms with Gasteiger partial charge in [-0.05, 0) is 36.3 Å². The highest BCUT2D eigenvalue weighted by Crippen LogP contribution is 2.61. The molecule has 0 bridgehead atoms. The number of anilines is 1. The molecular formula is C17H20N4O. The molecule has 5 heteroatoms. The third-order valence-electron chi connectivity index (χ3n) is 5.10. The molecule has 2 atom stereocenters. The fraction of sp³-hybridized carbons (Fsp3) is 0.412. The molecule has 1 aromatic carbocycles. The van der Waals surface area contributed by atoms with Crippen LogP contribution in [0.5, 0.6) is 0 Å². The van der Waals surface area contributed by atoms with Crippen LogP contribution < -0.4 is 10.6 Å². The van der Waals surface area contributed by atoms with Crippen LogP contribution in [-0.4, -0.2) is 22.4 Å². The van der Waals surface area contributed by atoms with Crippen molar-refractivity contribution in [3.8, 4) is 0 Å². The van der Waals surface area contributed by atoms with E-state index in [4.69, 9.17) is 0 Å². The van der Waals surface area contributed by atoms with E-state index in [9.17, 15) is 4.79 Å². The van der Waals surface area contributed by atoms with E-state index in [1.54, 1.807) is 17.1 Å². The Morgan fingerprint density at radius 1 is 1.45 bits per heavy atom. The van der Waals surface area contributed by atoms with Gasteiger partial charge in [0.1, 0.15) is 0 Å². The predicted molar refractivity (Wildman–Crippen MR) is 84.8 cm³/mol. The Labute approximate surface area is 129 Å². The molecule has 0 aliphatic heterocycles. The van der Waals surface area contributed by atoms with Gasteiger partial charge in [0, 0.05) is 25.2 Å². The highest BCUT2D eigenvalue weighted by atomic mass is 16.2. The standard InChI is InChI=1S/C17H20N4O/c1-21-11-14(10-19-21)20-16(22)18-9-13-8-17(13)7-6-12-4-2-3-5-15(12)17/h2-5,10-11,13H,6-9H2,1H3,(H2,18,20,22)/t13-,17+/m0/s1. The molecule has 2 aliphatic rings. The molecule has 5 nitrogen and oxygen atoms in total. The summed E-state index contributed by atoms with van der Waals surface area (Å²) in [4.78, 5) is 11.9. The minimum Gasteiger partial charge on any atom is -0.338 e. The Morgan fingerprint density at radius 2 is 2.32 bits per heavy atom. The summed E-state index contributed by atoms with van der Waals surface area (Å²) in [5.74, 6) is 0.566. The van der Waals surface area contributed by atoms with Gasteiger partial charge in [0.2, 0.25) is 0 Å². The second kappa shape index (κ2) is 4.87. The molecule has 1 spiro atoms. The number of urea groups is 1. The number of nitrogens with zero attached hydrogens (tertiary/aromatic N) is 2. The molecule has 0 saturated heterocycles. The summed E-state index contributed by atoms with van der Waals surface area (Å²) in [7, 11) is 1.83. The second-order valence-corrected chi connectivity index (χ2v) is 6.45. The van der Waals surface area contributed by atoms with Gasteiger partial charge in [-0.25, -0.2) is 4.79 Å². The molecule has 1 heterocycles. The zero-order valence-corrected chi connectivity index (χ0v) is 12.7.